The van der Waals surface area contributed by atoms with Crippen molar-refractivity contribution in [3.05, 3.63) is 35.4 Å². The van der Waals surface area contributed by atoms with E-state index in [1.807, 2.05) is 0 Å². The van der Waals surface area contributed by atoms with E-state index in [9.17, 15) is 0 Å². The van der Waals surface area contributed by atoms with Crippen LogP contribution in [0.2, 0.25) is 0 Å². The van der Waals surface area contributed by atoms with Crippen molar-refractivity contribution in [2.24, 2.45) is 11.7 Å². The molecule has 0 spiro atoms. The van der Waals surface area contributed by atoms with Gasteiger partial charge in [0.05, 0.1) is 0 Å². The van der Waals surface area contributed by atoms with Crippen molar-refractivity contribution < 1.29 is 0 Å². The number of hydrogen-bond acceptors (Lipinski definition) is 2. The SMILES string of the molecule is CCN(CC)CC(N)c1ccc(CC(C)C)cc1. The molecule has 0 fully saturated rings. The summed E-state index contributed by atoms with van der Waals surface area (Å²) >= 11 is 0. The highest BCUT2D eigenvalue weighted by molar-refractivity contribution is 5.25. The average molecular weight is 248 g/mol. The van der Waals surface area contributed by atoms with E-state index < -0.39 is 0 Å². The first-order valence-corrected chi connectivity index (χ1v) is 7.13. The molecular weight excluding hydrogens is 220 g/mol. The van der Waals surface area contributed by atoms with E-state index in [0.29, 0.717) is 5.92 Å². The van der Waals surface area contributed by atoms with Crippen LogP contribution in [0, 0.1) is 5.92 Å². The van der Waals surface area contributed by atoms with Gasteiger partial charge in [0.15, 0.2) is 0 Å². The summed E-state index contributed by atoms with van der Waals surface area (Å²) in [5, 5.41) is 0. The molecule has 1 unspecified atom stereocenters. The van der Waals surface area contributed by atoms with Crippen LogP contribution in [0.25, 0.3) is 0 Å². The molecule has 2 nitrogen and oxygen atoms in total. The number of nitrogens with zero attached hydrogens (tertiary/aromatic N) is 1. The van der Waals surface area contributed by atoms with Gasteiger partial charge in [0.25, 0.3) is 0 Å². The third-order valence-corrected chi connectivity index (χ3v) is 3.40. The molecule has 0 aliphatic rings. The van der Waals surface area contributed by atoms with Crippen molar-refractivity contribution in [2.75, 3.05) is 19.6 Å². The third kappa shape index (κ3) is 4.79. The topological polar surface area (TPSA) is 29.3 Å². The molecule has 0 aliphatic heterocycles. The van der Waals surface area contributed by atoms with Gasteiger partial charge in [-0.1, -0.05) is 52.0 Å². The standard InChI is InChI=1S/C16H28N2/c1-5-18(6-2)12-16(17)15-9-7-14(8-10-15)11-13(3)4/h7-10,13,16H,5-6,11-12,17H2,1-4H3. The largest absolute Gasteiger partial charge is 0.323 e. The van der Waals surface area contributed by atoms with Crippen molar-refractivity contribution in [2.45, 2.75) is 40.2 Å². The van der Waals surface area contributed by atoms with Crippen LogP contribution >= 0.6 is 0 Å². The van der Waals surface area contributed by atoms with Crippen molar-refractivity contribution >= 4 is 0 Å². The Hall–Kier alpha value is -0.860. The Kier molecular flexibility index (Phi) is 6.37. The lowest BCUT2D eigenvalue weighted by molar-refractivity contribution is 0.284. The zero-order valence-corrected chi connectivity index (χ0v) is 12.3. The van der Waals surface area contributed by atoms with E-state index in [0.717, 1.165) is 26.1 Å². The van der Waals surface area contributed by atoms with Crippen molar-refractivity contribution in [1.82, 2.24) is 4.90 Å². The first-order valence-electron chi connectivity index (χ1n) is 7.13. The minimum Gasteiger partial charge on any atom is -0.323 e. The van der Waals surface area contributed by atoms with Crippen LogP contribution in [0.4, 0.5) is 0 Å². The van der Waals surface area contributed by atoms with Gasteiger partial charge in [-0.15, -0.1) is 0 Å². The fourth-order valence-electron chi connectivity index (χ4n) is 2.24. The summed E-state index contributed by atoms with van der Waals surface area (Å²) in [6, 6.07) is 8.94. The molecule has 0 radical (unpaired) electrons. The third-order valence-electron chi connectivity index (χ3n) is 3.40. The summed E-state index contributed by atoms with van der Waals surface area (Å²) in [6.45, 7) is 11.9. The molecule has 2 heteroatoms. The Balaban J connectivity index is 2.61. The van der Waals surface area contributed by atoms with Gasteiger partial charge >= 0.3 is 0 Å². The van der Waals surface area contributed by atoms with E-state index in [-0.39, 0.29) is 6.04 Å². The molecule has 0 heterocycles. The molecular formula is C16H28N2. The monoisotopic (exact) mass is 248 g/mol. The molecule has 0 saturated carbocycles. The molecule has 2 N–H and O–H groups in total. The van der Waals surface area contributed by atoms with E-state index in [4.69, 9.17) is 5.73 Å². The van der Waals surface area contributed by atoms with E-state index in [1.54, 1.807) is 0 Å². The molecule has 0 amide bonds. The van der Waals surface area contributed by atoms with Crippen LogP contribution in [0.15, 0.2) is 24.3 Å². The van der Waals surface area contributed by atoms with Crippen LogP contribution in [0.3, 0.4) is 0 Å². The van der Waals surface area contributed by atoms with Gasteiger partial charge in [-0.2, -0.15) is 0 Å². The van der Waals surface area contributed by atoms with Gasteiger partial charge in [0.1, 0.15) is 0 Å². The van der Waals surface area contributed by atoms with Crippen LogP contribution in [-0.2, 0) is 6.42 Å². The Morgan fingerprint density at radius 3 is 2.06 bits per heavy atom. The van der Waals surface area contributed by atoms with Gasteiger partial charge < -0.3 is 10.6 Å². The molecule has 1 aromatic carbocycles. The lowest BCUT2D eigenvalue weighted by Crippen LogP contribution is -2.31. The second-order valence-electron chi connectivity index (χ2n) is 5.43. The average Bonchev–Trinajstić information content (AvgIpc) is 2.35. The first kappa shape index (κ1) is 15.2. The molecule has 0 bridgehead atoms. The first-order chi connectivity index (χ1) is 8.56. The van der Waals surface area contributed by atoms with E-state index >= 15 is 0 Å². The maximum atomic E-state index is 6.26. The Morgan fingerprint density at radius 2 is 1.61 bits per heavy atom. The maximum Gasteiger partial charge on any atom is 0.0424 e. The fraction of sp³-hybridized carbons (Fsp3) is 0.625. The summed E-state index contributed by atoms with van der Waals surface area (Å²) in [5.41, 5.74) is 8.91. The number of hydrogen-bond donors (Lipinski definition) is 1. The van der Waals surface area contributed by atoms with E-state index in [1.165, 1.54) is 11.1 Å². The summed E-state index contributed by atoms with van der Waals surface area (Å²) in [5.74, 6) is 0.709. The molecule has 0 saturated heterocycles. The second kappa shape index (κ2) is 7.55. The molecule has 1 rings (SSSR count). The molecule has 0 aromatic heterocycles. The van der Waals surface area contributed by atoms with Gasteiger partial charge in [-0.05, 0) is 36.6 Å². The van der Waals surface area contributed by atoms with Gasteiger partial charge in [-0.3, -0.25) is 0 Å². The number of benzene rings is 1. The predicted octanol–water partition coefficient (Wildman–Crippen LogP) is 3.23. The quantitative estimate of drug-likeness (QED) is 0.802. The van der Waals surface area contributed by atoms with E-state index in [2.05, 4.69) is 56.9 Å². The molecule has 18 heavy (non-hydrogen) atoms. The Labute approximate surface area is 112 Å². The van der Waals surface area contributed by atoms with Gasteiger partial charge in [0, 0.05) is 12.6 Å². The lowest BCUT2D eigenvalue weighted by atomic mass is 9.99. The van der Waals surface area contributed by atoms with Crippen molar-refractivity contribution in [3.8, 4) is 0 Å². The van der Waals surface area contributed by atoms with Crippen LogP contribution in [-0.4, -0.2) is 24.5 Å². The molecule has 102 valence electrons. The minimum absolute atomic E-state index is 0.123. The van der Waals surface area contributed by atoms with Crippen LogP contribution in [0.5, 0.6) is 0 Å². The fourth-order valence-corrected chi connectivity index (χ4v) is 2.24. The Morgan fingerprint density at radius 1 is 1.06 bits per heavy atom. The zero-order chi connectivity index (χ0) is 13.5. The number of nitrogens with two attached hydrogens (primary N) is 1. The van der Waals surface area contributed by atoms with Gasteiger partial charge in [0.2, 0.25) is 0 Å². The highest BCUT2D eigenvalue weighted by atomic mass is 15.1. The zero-order valence-electron chi connectivity index (χ0n) is 12.3. The highest BCUT2D eigenvalue weighted by Gasteiger charge is 2.09. The number of rotatable bonds is 7. The second-order valence-corrected chi connectivity index (χ2v) is 5.43. The van der Waals surface area contributed by atoms with Gasteiger partial charge in [-0.25, -0.2) is 0 Å². The van der Waals surface area contributed by atoms with Crippen LogP contribution in [0.1, 0.15) is 44.9 Å². The molecule has 0 aliphatic carbocycles. The summed E-state index contributed by atoms with van der Waals surface area (Å²) < 4.78 is 0. The molecule has 1 aromatic rings. The van der Waals surface area contributed by atoms with Crippen molar-refractivity contribution in [1.29, 1.82) is 0 Å². The van der Waals surface area contributed by atoms with Crippen molar-refractivity contribution in [3.63, 3.8) is 0 Å². The highest BCUT2D eigenvalue weighted by Crippen LogP contribution is 2.15. The minimum atomic E-state index is 0.123. The molecule has 1 atom stereocenters. The predicted molar refractivity (Wildman–Crippen MR) is 79.7 cm³/mol. The normalized spacial score (nSPS) is 13.3. The lowest BCUT2D eigenvalue weighted by Gasteiger charge is -2.23. The number of likely N-dealkylation sites (N-methyl/N-ethyl adjacent to an activating group) is 1. The van der Waals surface area contributed by atoms with Crippen LogP contribution < -0.4 is 5.73 Å². The maximum absolute atomic E-state index is 6.26. The summed E-state index contributed by atoms with van der Waals surface area (Å²) in [4.78, 5) is 2.37. The smallest absolute Gasteiger partial charge is 0.0424 e. The summed E-state index contributed by atoms with van der Waals surface area (Å²) in [6.07, 6.45) is 1.14. The summed E-state index contributed by atoms with van der Waals surface area (Å²) in [7, 11) is 0. The Bertz CT molecular complexity index is 325.